The highest BCUT2D eigenvalue weighted by atomic mass is 35.5. The lowest BCUT2D eigenvalue weighted by Gasteiger charge is -2.33. The van der Waals surface area contributed by atoms with E-state index in [1.807, 2.05) is 19.1 Å². The minimum atomic E-state index is 0.185. The lowest BCUT2D eigenvalue weighted by molar-refractivity contribution is 0.0859. The first kappa shape index (κ1) is 14.5. The van der Waals surface area contributed by atoms with Gasteiger partial charge in [0.1, 0.15) is 0 Å². The Balaban J connectivity index is 1.92. The van der Waals surface area contributed by atoms with Crippen molar-refractivity contribution in [2.45, 2.75) is 13.8 Å². The van der Waals surface area contributed by atoms with Crippen LogP contribution in [-0.2, 0) is 0 Å². The normalized spacial score (nSPS) is 17.6. The first-order chi connectivity index (χ1) is 9.10. The Morgan fingerprint density at radius 1 is 1.21 bits per heavy atom. The third-order valence-electron chi connectivity index (χ3n) is 3.76. The van der Waals surface area contributed by atoms with Crippen molar-refractivity contribution < 1.29 is 4.79 Å². The number of hydrogen-bond donors (Lipinski definition) is 0. The number of rotatable bonds is 4. The Labute approximate surface area is 120 Å². The first-order valence-corrected chi connectivity index (χ1v) is 7.22. The van der Waals surface area contributed by atoms with Crippen molar-refractivity contribution in [3.63, 3.8) is 0 Å². The van der Waals surface area contributed by atoms with Crippen molar-refractivity contribution in [3.8, 4) is 0 Å². The molecule has 1 aromatic rings. The zero-order valence-electron chi connectivity index (χ0n) is 11.7. The topological polar surface area (TPSA) is 23.6 Å². The molecule has 0 spiro atoms. The molecule has 1 aromatic carbocycles. The van der Waals surface area contributed by atoms with E-state index in [-0.39, 0.29) is 5.78 Å². The zero-order chi connectivity index (χ0) is 13.8. The molecule has 0 saturated carbocycles. The molecular formula is C15H21ClN2O. The maximum absolute atomic E-state index is 12.2. The van der Waals surface area contributed by atoms with Crippen molar-refractivity contribution in [2.75, 3.05) is 39.3 Å². The number of likely N-dealkylation sites (N-methyl/N-ethyl adjacent to an activating group) is 1. The standard InChI is InChI=1S/C15H21ClN2O/c1-3-17-6-8-18(9-7-17)11-15(19)13-4-5-14(16)12(2)10-13/h4-5,10H,3,6-9,11H2,1-2H3. The van der Waals surface area contributed by atoms with Crippen LogP contribution in [-0.4, -0.2) is 54.9 Å². The van der Waals surface area contributed by atoms with Gasteiger partial charge < -0.3 is 4.90 Å². The van der Waals surface area contributed by atoms with E-state index < -0.39 is 0 Å². The third-order valence-corrected chi connectivity index (χ3v) is 4.18. The first-order valence-electron chi connectivity index (χ1n) is 6.84. The second-order valence-corrected chi connectivity index (χ2v) is 5.50. The lowest BCUT2D eigenvalue weighted by atomic mass is 10.1. The SMILES string of the molecule is CCN1CCN(CC(=O)c2ccc(Cl)c(C)c2)CC1. The summed E-state index contributed by atoms with van der Waals surface area (Å²) in [6.45, 7) is 9.79. The Morgan fingerprint density at radius 3 is 2.42 bits per heavy atom. The number of ketones is 1. The number of hydrogen-bond acceptors (Lipinski definition) is 3. The smallest absolute Gasteiger partial charge is 0.176 e. The molecule has 2 rings (SSSR count). The second kappa shape index (κ2) is 6.51. The number of halogens is 1. The lowest BCUT2D eigenvalue weighted by Crippen LogP contribution is -2.47. The predicted octanol–water partition coefficient (Wildman–Crippen LogP) is 2.47. The highest BCUT2D eigenvalue weighted by molar-refractivity contribution is 6.31. The molecule has 0 bridgehead atoms. The van der Waals surface area contributed by atoms with Crippen LogP contribution >= 0.6 is 11.6 Å². The largest absolute Gasteiger partial charge is 0.301 e. The second-order valence-electron chi connectivity index (χ2n) is 5.10. The molecule has 3 nitrogen and oxygen atoms in total. The number of nitrogens with zero attached hydrogens (tertiary/aromatic N) is 2. The van der Waals surface area contributed by atoms with Gasteiger partial charge in [-0.05, 0) is 37.2 Å². The van der Waals surface area contributed by atoms with Crippen molar-refractivity contribution in [2.24, 2.45) is 0 Å². The van der Waals surface area contributed by atoms with Gasteiger partial charge in [-0.1, -0.05) is 18.5 Å². The zero-order valence-corrected chi connectivity index (χ0v) is 12.4. The average Bonchev–Trinajstić information content (AvgIpc) is 2.42. The molecule has 104 valence electrons. The van der Waals surface area contributed by atoms with E-state index in [1.54, 1.807) is 6.07 Å². The van der Waals surface area contributed by atoms with Gasteiger partial charge >= 0.3 is 0 Å². The van der Waals surface area contributed by atoms with Gasteiger partial charge in [-0.25, -0.2) is 0 Å². The highest BCUT2D eigenvalue weighted by Gasteiger charge is 2.18. The van der Waals surface area contributed by atoms with Crippen molar-refractivity contribution >= 4 is 17.4 Å². The maximum atomic E-state index is 12.2. The molecule has 0 N–H and O–H groups in total. The summed E-state index contributed by atoms with van der Waals surface area (Å²) in [5.41, 5.74) is 1.73. The van der Waals surface area contributed by atoms with Gasteiger partial charge in [-0.3, -0.25) is 9.69 Å². The van der Waals surface area contributed by atoms with E-state index in [0.717, 1.165) is 43.9 Å². The molecule has 1 aliphatic heterocycles. The van der Waals surface area contributed by atoms with Crippen LogP contribution in [0.3, 0.4) is 0 Å². The molecule has 1 saturated heterocycles. The maximum Gasteiger partial charge on any atom is 0.176 e. The summed E-state index contributed by atoms with van der Waals surface area (Å²) in [6.07, 6.45) is 0. The van der Waals surface area contributed by atoms with Gasteiger partial charge in [0, 0.05) is 36.8 Å². The fourth-order valence-electron chi connectivity index (χ4n) is 2.38. The summed E-state index contributed by atoms with van der Waals surface area (Å²) in [7, 11) is 0. The summed E-state index contributed by atoms with van der Waals surface area (Å²) >= 11 is 5.98. The van der Waals surface area contributed by atoms with E-state index in [9.17, 15) is 4.79 Å². The van der Waals surface area contributed by atoms with Crippen LogP contribution in [0, 0.1) is 6.92 Å². The minimum Gasteiger partial charge on any atom is -0.301 e. The fraction of sp³-hybridized carbons (Fsp3) is 0.533. The molecule has 0 atom stereocenters. The molecular weight excluding hydrogens is 260 g/mol. The predicted molar refractivity (Wildman–Crippen MR) is 79.1 cm³/mol. The van der Waals surface area contributed by atoms with Crippen LogP contribution in [0.25, 0.3) is 0 Å². The summed E-state index contributed by atoms with van der Waals surface area (Å²) in [6, 6.07) is 5.51. The highest BCUT2D eigenvalue weighted by Crippen LogP contribution is 2.17. The van der Waals surface area contributed by atoms with Crippen molar-refractivity contribution in [1.29, 1.82) is 0 Å². The van der Waals surface area contributed by atoms with Crippen LogP contribution in [0.15, 0.2) is 18.2 Å². The van der Waals surface area contributed by atoms with Gasteiger partial charge in [-0.15, -0.1) is 0 Å². The molecule has 0 amide bonds. The Hall–Kier alpha value is -0.900. The minimum absolute atomic E-state index is 0.185. The summed E-state index contributed by atoms with van der Waals surface area (Å²) < 4.78 is 0. The number of benzene rings is 1. The fourth-order valence-corrected chi connectivity index (χ4v) is 2.49. The van der Waals surface area contributed by atoms with Crippen LogP contribution in [0.2, 0.25) is 5.02 Å². The Morgan fingerprint density at radius 2 is 1.84 bits per heavy atom. The molecule has 0 aromatic heterocycles. The third kappa shape index (κ3) is 3.78. The van der Waals surface area contributed by atoms with Crippen LogP contribution in [0.5, 0.6) is 0 Å². The average molecular weight is 281 g/mol. The van der Waals surface area contributed by atoms with Gasteiger partial charge in [0.25, 0.3) is 0 Å². The van der Waals surface area contributed by atoms with Gasteiger partial charge in [0.2, 0.25) is 0 Å². The number of Topliss-reactive ketones (excluding diaryl/α,β-unsaturated/α-hetero) is 1. The molecule has 19 heavy (non-hydrogen) atoms. The quantitative estimate of drug-likeness (QED) is 0.792. The van der Waals surface area contributed by atoms with Crippen molar-refractivity contribution in [3.05, 3.63) is 34.3 Å². The molecule has 4 heteroatoms. The van der Waals surface area contributed by atoms with E-state index >= 15 is 0 Å². The molecule has 0 radical (unpaired) electrons. The van der Waals surface area contributed by atoms with E-state index in [1.165, 1.54) is 0 Å². The van der Waals surface area contributed by atoms with E-state index in [0.29, 0.717) is 11.6 Å². The van der Waals surface area contributed by atoms with Crippen LogP contribution in [0.4, 0.5) is 0 Å². The molecule has 0 aliphatic carbocycles. The van der Waals surface area contributed by atoms with Gasteiger partial charge in [-0.2, -0.15) is 0 Å². The number of aryl methyl sites for hydroxylation is 1. The molecule has 1 aliphatic rings. The summed E-state index contributed by atoms with van der Waals surface area (Å²) in [5.74, 6) is 0.185. The molecule has 0 unspecified atom stereocenters. The Kier molecular flexibility index (Phi) is 4.97. The van der Waals surface area contributed by atoms with Gasteiger partial charge in [0.05, 0.1) is 6.54 Å². The number of piperazine rings is 1. The monoisotopic (exact) mass is 280 g/mol. The van der Waals surface area contributed by atoms with Crippen LogP contribution < -0.4 is 0 Å². The number of carbonyl (C=O) groups excluding carboxylic acids is 1. The van der Waals surface area contributed by atoms with E-state index in [4.69, 9.17) is 11.6 Å². The van der Waals surface area contributed by atoms with Crippen LogP contribution in [0.1, 0.15) is 22.8 Å². The van der Waals surface area contributed by atoms with Gasteiger partial charge in [0.15, 0.2) is 5.78 Å². The number of carbonyl (C=O) groups is 1. The van der Waals surface area contributed by atoms with Crippen molar-refractivity contribution in [1.82, 2.24) is 9.80 Å². The summed E-state index contributed by atoms with van der Waals surface area (Å²) in [4.78, 5) is 16.9. The summed E-state index contributed by atoms with van der Waals surface area (Å²) in [5, 5.41) is 0.716. The molecule has 1 heterocycles. The Bertz CT molecular complexity index is 453. The van der Waals surface area contributed by atoms with E-state index in [2.05, 4.69) is 16.7 Å². The molecule has 1 fully saturated rings.